The molecule has 1 amide bonds. The van der Waals surface area contributed by atoms with Crippen LogP contribution in [-0.4, -0.2) is 42.8 Å². The number of aryl methyl sites for hydroxylation is 3. The van der Waals surface area contributed by atoms with E-state index in [4.69, 9.17) is 20.6 Å². The number of fused-ring (bicyclic) bond motifs is 5. The molecule has 3 aromatic heterocycles. The lowest BCUT2D eigenvalue weighted by atomic mass is 9.51. The zero-order valence-electron chi connectivity index (χ0n) is 23.1. The van der Waals surface area contributed by atoms with Gasteiger partial charge in [0.15, 0.2) is 5.65 Å². The van der Waals surface area contributed by atoms with E-state index in [1.54, 1.807) is 0 Å². The Bertz CT molecular complexity index is 1440. The second kappa shape index (κ2) is 7.96. The van der Waals surface area contributed by atoms with Crippen molar-refractivity contribution in [2.24, 2.45) is 29.5 Å². The molecular weight excluding hydrogens is 478 g/mol. The van der Waals surface area contributed by atoms with Crippen LogP contribution < -0.4 is 10.6 Å². The molecule has 5 aliphatic rings. The summed E-state index contributed by atoms with van der Waals surface area (Å²) in [5, 5.41) is 10.7. The summed E-state index contributed by atoms with van der Waals surface area (Å²) in [6, 6.07) is 2.19. The van der Waals surface area contributed by atoms with Crippen LogP contribution in [0.5, 0.6) is 0 Å². The fourth-order valence-corrected chi connectivity index (χ4v) is 8.20. The number of primary amides is 1. The van der Waals surface area contributed by atoms with Crippen molar-refractivity contribution in [1.29, 1.82) is 0 Å². The van der Waals surface area contributed by atoms with Crippen LogP contribution in [0.2, 0.25) is 0 Å². The van der Waals surface area contributed by atoms with Gasteiger partial charge < -0.3 is 15.4 Å². The molecule has 202 valence electrons. The van der Waals surface area contributed by atoms with Gasteiger partial charge in [0.2, 0.25) is 0 Å². The molecule has 1 unspecified atom stereocenters. The van der Waals surface area contributed by atoms with Gasteiger partial charge >= 0.3 is 6.09 Å². The van der Waals surface area contributed by atoms with Crippen molar-refractivity contribution in [3.8, 4) is 0 Å². The van der Waals surface area contributed by atoms with Crippen LogP contribution in [0.15, 0.2) is 12.3 Å². The third-order valence-corrected chi connectivity index (χ3v) is 10.6. The lowest BCUT2D eigenvalue weighted by Gasteiger charge is -2.58. The fraction of sp³-hybridized carbons (Fsp3) is 0.655. The highest BCUT2D eigenvalue weighted by Crippen LogP contribution is 2.67. The first-order valence-electron chi connectivity index (χ1n) is 14.2. The largest absolute Gasteiger partial charge is 0.443 e. The van der Waals surface area contributed by atoms with E-state index in [0.29, 0.717) is 5.92 Å². The summed E-state index contributed by atoms with van der Waals surface area (Å²) in [4.78, 5) is 19.1. The number of aromatic nitrogens is 5. The number of amides is 1. The second-order valence-electron chi connectivity index (χ2n) is 13.0. The highest BCUT2D eigenvalue weighted by Gasteiger charge is 2.64. The molecule has 1 aliphatic heterocycles. The molecule has 0 saturated heterocycles. The molecule has 9 nitrogen and oxygen atoms in total. The Balaban J connectivity index is 1.16. The average Bonchev–Trinajstić information content (AvgIpc) is 3.43. The van der Waals surface area contributed by atoms with E-state index in [9.17, 15) is 4.79 Å². The Hall–Kier alpha value is -3.10. The lowest BCUT2D eigenvalue weighted by Crippen LogP contribution is -2.58. The average molecular weight is 518 g/mol. The second-order valence-corrected chi connectivity index (χ2v) is 13.0. The molecule has 4 fully saturated rings. The van der Waals surface area contributed by atoms with E-state index in [1.807, 2.05) is 17.9 Å². The number of hydrogen-bond donors (Lipinski definition) is 1. The molecule has 4 saturated carbocycles. The first-order valence-corrected chi connectivity index (χ1v) is 14.2. The molecule has 2 bridgehead atoms. The molecule has 0 radical (unpaired) electrons. The van der Waals surface area contributed by atoms with Crippen molar-refractivity contribution in [2.45, 2.75) is 90.8 Å². The Kier molecular flexibility index (Phi) is 5.02. The number of rotatable bonds is 5. The van der Waals surface area contributed by atoms with E-state index >= 15 is 0 Å². The number of pyridine rings is 1. The number of hydrogen-bond acceptors (Lipinski definition) is 6. The van der Waals surface area contributed by atoms with Crippen LogP contribution in [-0.2, 0) is 31.3 Å². The lowest BCUT2D eigenvalue weighted by molar-refractivity contribution is -0.162. The first-order chi connectivity index (χ1) is 18.1. The summed E-state index contributed by atoms with van der Waals surface area (Å²) in [7, 11) is 1.95. The van der Waals surface area contributed by atoms with Crippen LogP contribution in [0.4, 0.5) is 10.5 Å². The van der Waals surface area contributed by atoms with Gasteiger partial charge in [-0.05, 0) is 75.7 Å². The van der Waals surface area contributed by atoms with E-state index in [-0.39, 0.29) is 16.4 Å². The normalized spacial score (nSPS) is 29.5. The third-order valence-electron chi connectivity index (χ3n) is 10.6. The summed E-state index contributed by atoms with van der Waals surface area (Å²) in [5.41, 5.74) is 12.8. The maximum absolute atomic E-state index is 11.9. The van der Waals surface area contributed by atoms with E-state index in [1.165, 1.54) is 29.8 Å². The van der Waals surface area contributed by atoms with Crippen molar-refractivity contribution < 1.29 is 9.53 Å². The van der Waals surface area contributed by atoms with Crippen molar-refractivity contribution in [3.63, 3.8) is 0 Å². The number of nitrogens with zero attached hydrogens (tertiary/aromatic N) is 6. The van der Waals surface area contributed by atoms with Crippen LogP contribution in [0.1, 0.15) is 74.5 Å². The van der Waals surface area contributed by atoms with Crippen molar-refractivity contribution >= 4 is 22.8 Å². The third kappa shape index (κ3) is 3.57. The Morgan fingerprint density at radius 2 is 1.95 bits per heavy atom. The first kappa shape index (κ1) is 24.0. The topological polar surface area (TPSA) is 104 Å². The predicted octanol–water partition coefficient (Wildman–Crippen LogP) is 4.56. The van der Waals surface area contributed by atoms with Gasteiger partial charge in [0.05, 0.1) is 23.0 Å². The summed E-state index contributed by atoms with van der Waals surface area (Å²) >= 11 is 0. The number of nitrogens with two attached hydrogens (primary N) is 1. The van der Waals surface area contributed by atoms with Crippen LogP contribution in [0, 0.1) is 30.6 Å². The van der Waals surface area contributed by atoms with E-state index in [0.717, 1.165) is 80.6 Å². The molecule has 4 aliphatic carbocycles. The Morgan fingerprint density at radius 1 is 1.18 bits per heavy atom. The number of carbonyl (C=O) groups is 1. The summed E-state index contributed by atoms with van der Waals surface area (Å²) in [6.07, 6.45) is 9.85. The molecule has 8 rings (SSSR count). The van der Waals surface area contributed by atoms with E-state index < -0.39 is 6.09 Å². The Labute approximate surface area is 223 Å². The summed E-state index contributed by atoms with van der Waals surface area (Å²) in [6.45, 7) is 9.37. The zero-order valence-corrected chi connectivity index (χ0v) is 23.1. The van der Waals surface area contributed by atoms with Gasteiger partial charge in [0, 0.05) is 56.0 Å². The molecule has 3 aromatic rings. The molecule has 38 heavy (non-hydrogen) atoms. The minimum atomic E-state index is -0.608. The Morgan fingerprint density at radius 3 is 2.66 bits per heavy atom. The highest BCUT2D eigenvalue weighted by atomic mass is 16.6. The number of carbonyl (C=O) groups excluding carboxylic acids is 1. The van der Waals surface area contributed by atoms with Crippen LogP contribution in [0.3, 0.4) is 0 Å². The predicted molar refractivity (Wildman–Crippen MR) is 145 cm³/mol. The highest BCUT2D eigenvalue weighted by molar-refractivity contribution is 5.89. The maximum Gasteiger partial charge on any atom is 0.405 e. The van der Waals surface area contributed by atoms with Gasteiger partial charge in [-0.1, -0.05) is 6.92 Å². The van der Waals surface area contributed by atoms with Crippen LogP contribution >= 0.6 is 0 Å². The number of ether oxygens (including phenoxy) is 1. The van der Waals surface area contributed by atoms with Gasteiger partial charge in [-0.25, -0.2) is 9.78 Å². The minimum absolute atomic E-state index is 0.215. The zero-order chi connectivity index (χ0) is 26.4. The number of anilines is 1. The van der Waals surface area contributed by atoms with Gasteiger partial charge in [-0.15, -0.1) is 0 Å². The molecule has 0 spiro atoms. The standard InChI is InChI=1S/C29H39N7O2/c1-18-13-23(20-15-31-34(4)25(20)32-18)35-12-5-22-21(16-35)19(2)33-36(22)17-28-8-10-29(11-9-28,38-26(30)37)24(14-28)27(3)6-7-27/h13,15,24H,5-12,14,16-17H2,1-4H3,(H2,30,37). The molecular formula is C29H39N7O2. The van der Waals surface area contributed by atoms with Crippen molar-refractivity contribution in [3.05, 3.63) is 34.9 Å². The molecule has 0 aromatic carbocycles. The van der Waals surface area contributed by atoms with Crippen LogP contribution in [0.25, 0.3) is 11.0 Å². The maximum atomic E-state index is 11.9. The van der Waals surface area contributed by atoms with Crippen molar-refractivity contribution in [2.75, 3.05) is 11.4 Å². The quantitative estimate of drug-likeness (QED) is 0.532. The van der Waals surface area contributed by atoms with Crippen molar-refractivity contribution in [1.82, 2.24) is 24.5 Å². The van der Waals surface area contributed by atoms with Gasteiger partial charge in [0.25, 0.3) is 0 Å². The molecule has 4 heterocycles. The molecule has 2 N–H and O–H groups in total. The monoisotopic (exact) mass is 517 g/mol. The van der Waals surface area contributed by atoms with Gasteiger partial charge in [0.1, 0.15) is 5.60 Å². The SMILES string of the molecule is Cc1cc(N2CCc3c(c(C)nn3CC34CCC(OC(N)=O)(CC3)C(C3(C)CC3)C4)C2)c2cnn(C)c2n1. The van der Waals surface area contributed by atoms with Gasteiger partial charge in [-0.3, -0.25) is 9.36 Å². The smallest absolute Gasteiger partial charge is 0.405 e. The fourth-order valence-electron chi connectivity index (χ4n) is 8.20. The van der Waals surface area contributed by atoms with Gasteiger partial charge in [-0.2, -0.15) is 10.2 Å². The summed E-state index contributed by atoms with van der Waals surface area (Å²) in [5.74, 6) is 0.393. The molecule has 1 atom stereocenters. The summed E-state index contributed by atoms with van der Waals surface area (Å²) < 4.78 is 10.1. The molecule has 9 heteroatoms. The van der Waals surface area contributed by atoms with E-state index in [2.05, 4.69) is 41.5 Å². The minimum Gasteiger partial charge on any atom is -0.443 e.